The number of hydrogen-bond donors (Lipinski definition) is 0. The SMILES string of the molecule is CCC(CC#N)N1CCC(N(C)C)CC1. The summed E-state index contributed by atoms with van der Waals surface area (Å²) in [5.74, 6) is 0. The Bertz CT molecular complexity index is 211. The lowest BCUT2D eigenvalue weighted by molar-refractivity contribution is 0.107. The normalized spacial score (nSPS) is 21.5. The first kappa shape index (κ1) is 12.5. The maximum atomic E-state index is 8.75. The van der Waals surface area contributed by atoms with E-state index < -0.39 is 0 Å². The van der Waals surface area contributed by atoms with E-state index >= 15 is 0 Å². The van der Waals surface area contributed by atoms with Gasteiger partial charge in [-0.15, -0.1) is 0 Å². The zero-order valence-corrected chi connectivity index (χ0v) is 10.2. The van der Waals surface area contributed by atoms with Gasteiger partial charge in [0.05, 0.1) is 12.5 Å². The molecule has 0 bridgehead atoms. The lowest BCUT2D eigenvalue weighted by Crippen LogP contribution is -2.46. The first-order valence-corrected chi connectivity index (χ1v) is 5.96. The van der Waals surface area contributed by atoms with E-state index in [-0.39, 0.29) is 0 Å². The van der Waals surface area contributed by atoms with Gasteiger partial charge in [-0.1, -0.05) is 6.92 Å². The average molecular weight is 209 g/mol. The third kappa shape index (κ3) is 3.48. The second-order valence-electron chi connectivity index (χ2n) is 4.66. The number of piperidine rings is 1. The molecule has 3 nitrogen and oxygen atoms in total. The summed E-state index contributed by atoms with van der Waals surface area (Å²) < 4.78 is 0. The molecule has 1 saturated heterocycles. The summed E-state index contributed by atoms with van der Waals surface area (Å²) in [6, 6.07) is 3.52. The Labute approximate surface area is 93.7 Å². The Morgan fingerprint density at radius 1 is 1.40 bits per heavy atom. The van der Waals surface area contributed by atoms with Crippen LogP contribution in [0, 0.1) is 11.3 Å². The Kier molecular flexibility index (Phi) is 5.07. The lowest BCUT2D eigenvalue weighted by Gasteiger charge is -2.38. The largest absolute Gasteiger partial charge is 0.306 e. The standard InChI is InChI=1S/C12H23N3/c1-4-11(5-8-13)15-9-6-12(7-10-15)14(2)3/h11-12H,4-7,9-10H2,1-3H3. The Hall–Kier alpha value is -0.590. The van der Waals surface area contributed by atoms with E-state index in [2.05, 4.69) is 36.9 Å². The van der Waals surface area contributed by atoms with Crippen LogP contribution in [0.2, 0.25) is 0 Å². The highest BCUT2D eigenvalue weighted by atomic mass is 15.2. The van der Waals surface area contributed by atoms with Crippen molar-refractivity contribution in [3.05, 3.63) is 0 Å². The molecule has 1 aliphatic heterocycles. The Morgan fingerprint density at radius 3 is 2.40 bits per heavy atom. The fourth-order valence-electron chi connectivity index (χ4n) is 2.40. The van der Waals surface area contributed by atoms with Gasteiger partial charge in [-0.25, -0.2) is 0 Å². The summed E-state index contributed by atoms with van der Waals surface area (Å²) in [4.78, 5) is 4.81. The molecule has 0 aromatic carbocycles. The van der Waals surface area contributed by atoms with Crippen molar-refractivity contribution in [1.29, 1.82) is 5.26 Å². The Morgan fingerprint density at radius 2 is 2.00 bits per heavy atom. The van der Waals surface area contributed by atoms with Crippen LogP contribution in [0.4, 0.5) is 0 Å². The molecule has 1 fully saturated rings. The molecule has 86 valence electrons. The van der Waals surface area contributed by atoms with Crippen molar-refractivity contribution in [3.8, 4) is 6.07 Å². The van der Waals surface area contributed by atoms with Gasteiger partial charge in [0.2, 0.25) is 0 Å². The smallest absolute Gasteiger partial charge is 0.0638 e. The maximum absolute atomic E-state index is 8.75. The lowest BCUT2D eigenvalue weighted by atomic mass is 10.0. The molecule has 0 spiro atoms. The molecule has 1 heterocycles. The van der Waals surface area contributed by atoms with Gasteiger partial charge in [-0.05, 0) is 46.4 Å². The molecule has 0 N–H and O–H groups in total. The van der Waals surface area contributed by atoms with Crippen molar-refractivity contribution < 1.29 is 0 Å². The van der Waals surface area contributed by atoms with Crippen LogP contribution < -0.4 is 0 Å². The van der Waals surface area contributed by atoms with Crippen LogP contribution >= 0.6 is 0 Å². The minimum atomic E-state index is 0.484. The van der Waals surface area contributed by atoms with Crippen molar-refractivity contribution in [2.45, 2.75) is 44.7 Å². The van der Waals surface area contributed by atoms with Crippen LogP contribution in [0.1, 0.15) is 32.6 Å². The van der Waals surface area contributed by atoms with Crippen molar-refractivity contribution in [3.63, 3.8) is 0 Å². The molecule has 1 rings (SSSR count). The summed E-state index contributed by atoms with van der Waals surface area (Å²) in [7, 11) is 4.32. The van der Waals surface area contributed by atoms with Gasteiger partial charge in [-0.3, -0.25) is 4.90 Å². The van der Waals surface area contributed by atoms with Gasteiger partial charge < -0.3 is 4.90 Å². The summed E-state index contributed by atoms with van der Waals surface area (Å²) in [6.45, 7) is 4.49. The van der Waals surface area contributed by atoms with Crippen LogP contribution in [0.15, 0.2) is 0 Å². The average Bonchev–Trinajstić information content (AvgIpc) is 2.26. The minimum Gasteiger partial charge on any atom is -0.306 e. The third-order valence-electron chi connectivity index (χ3n) is 3.54. The molecule has 15 heavy (non-hydrogen) atoms. The van der Waals surface area contributed by atoms with E-state index in [1.165, 1.54) is 12.8 Å². The van der Waals surface area contributed by atoms with Gasteiger partial charge in [0, 0.05) is 12.1 Å². The third-order valence-corrected chi connectivity index (χ3v) is 3.54. The van der Waals surface area contributed by atoms with Gasteiger partial charge >= 0.3 is 0 Å². The highest BCUT2D eigenvalue weighted by Gasteiger charge is 2.24. The molecular weight excluding hydrogens is 186 g/mol. The predicted molar refractivity (Wildman–Crippen MR) is 62.6 cm³/mol. The van der Waals surface area contributed by atoms with Crippen molar-refractivity contribution in [1.82, 2.24) is 9.80 Å². The molecule has 0 aromatic heterocycles. The summed E-state index contributed by atoms with van der Waals surface area (Å²) in [6.07, 6.45) is 4.27. The van der Waals surface area contributed by atoms with E-state index in [4.69, 9.17) is 5.26 Å². The zero-order chi connectivity index (χ0) is 11.3. The van der Waals surface area contributed by atoms with E-state index in [0.29, 0.717) is 12.5 Å². The number of nitrogens with zero attached hydrogens (tertiary/aromatic N) is 3. The number of hydrogen-bond acceptors (Lipinski definition) is 3. The first-order chi connectivity index (χ1) is 7.19. The Balaban J connectivity index is 2.39. The fraction of sp³-hybridized carbons (Fsp3) is 0.917. The number of likely N-dealkylation sites (tertiary alicyclic amines) is 1. The molecule has 1 aliphatic rings. The second-order valence-corrected chi connectivity index (χ2v) is 4.66. The highest BCUT2D eigenvalue weighted by Crippen LogP contribution is 2.18. The fourth-order valence-corrected chi connectivity index (χ4v) is 2.40. The number of nitriles is 1. The molecule has 1 atom stereocenters. The van der Waals surface area contributed by atoms with E-state index in [1.807, 2.05) is 0 Å². The first-order valence-electron chi connectivity index (χ1n) is 5.96. The van der Waals surface area contributed by atoms with Crippen molar-refractivity contribution >= 4 is 0 Å². The van der Waals surface area contributed by atoms with Gasteiger partial charge in [-0.2, -0.15) is 5.26 Å². The quantitative estimate of drug-likeness (QED) is 0.706. The molecule has 0 aromatic rings. The molecule has 0 radical (unpaired) electrons. The van der Waals surface area contributed by atoms with Crippen LogP contribution in [0.5, 0.6) is 0 Å². The van der Waals surface area contributed by atoms with Gasteiger partial charge in [0.15, 0.2) is 0 Å². The van der Waals surface area contributed by atoms with Crippen LogP contribution in [-0.4, -0.2) is 49.1 Å². The summed E-state index contributed by atoms with van der Waals surface area (Å²) >= 11 is 0. The van der Waals surface area contributed by atoms with Crippen LogP contribution in [0.3, 0.4) is 0 Å². The van der Waals surface area contributed by atoms with Gasteiger partial charge in [0.25, 0.3) is 0 Å². The molecule has 0 saturated carbocycles. The second kappa shape index (κ2) is 6.09. The van der Waals surface area contributed by atoms with Crippen molar-refractivity contribution in [2.24, 2.45) is 0 Å². The minimum absolute atomic E-state index is 0.484. The van der Waals surface area contributed by atoms with E-state index in [9.17, 15) is 0 Å². The highest BCUT2D eigenvalue weighted by molar-refractivity contribution is 4.86. The molecule has 3 heteroatoms. The van der Waals surface area contributed by atoms with E-state index in [0.717, 1.165) is 25.6 Å². The van der Waals surface area contributed by atoms with Gasteiger partial charge in [0.1, 0.15) is 0 Å². The van der Waals surface area contributed by atoms with Crippen LogP contribution in [0.25, 0.3) is 0 Å². The summed E-state index contributed by atoms with van der Waals surface area (Å²) in [5, 5.41) is 8.75. The molecule has 0 aliphatic carbocycles. The van der Waals surface area contributed by atoms with Crippen molar-refractivity contribution in [2.75, 3.05) is 27.2 Å². The summed E-state index contributed by atoms with van der Waals surface area (Å²) in [5.41, 5.74) is 0. The topological polar surface area (TPSA) is 30.3 Å². The predicted octanol–water partition coefficient (Wildman–Crippen LogP) is 1.70. The monoisotopic (exact) mass is 209 g/mol. The molecular formula is C12H23N3. The molecule has 1 unspecified atom stereocenters. The van der Waals surface area contributed by atoms with Crippen LogP contribution in [-0.2, 0) is 0 Å². The zero-order valence-electron chi connectivity index (χ0n) is 10.2. The molecule has 0 amide bonds. The maximum Gasteiger partial charge on any atom is 0.0638 e. The number of rotatable bonds is 4. The van der Waals surface area contributed by atoms with E-state index in [1.54, 1.807) is 0 Å².